The van der Waals surface area contributed by atoms with Crippen LogP contribution in [0.4, 0.5) is 0 Å². The highest BCUT2D eigenvalue weighted by Crippen LogP contribution is 2.47. The van der Waals surface area contributed by atoms with Gasteiger partial charge in [-0.1, -0.05) is 21.6 Å². The summed E-state index contributed by atoms with van der Waals surface area (Å²) < 4.78 is 12.1. The predicted molar refractivity (Wildman–Crippen MR) is 67.5 cm³/mol. The smallest absolute Gasteiger partial charge is 0.175 e. The van der Waals surface area contributed by atoms with E-state index in [0.717, 1.165) is 23.0 Å². The summed E-state index contributed by atoms with van der Waals surface area (Å²) in [6.45, 7) is 4.20. The average Bonchev–Trinajstić information content (AvgIpc) is 2.52. The van der Waals surface area contributed by atoms with Gasteiger partial charge in [-0.15, -0.1) is 11.3 Å². The summed E-state index contributed by atoms with van der Waals surface area (Å²) in [6, 6.07) is 0. The van der Waals surface area contributed by atoms with Crippen molar-refractivity contribution in [2.45, 2.75) is 26.1 Å². The van der Waals surface area contributed by atoms with E-state index >= 15 is 0 Å². The van der Waals surface area contributed by atoms with E-state index in [9.17, 15) is 0 Å². The first-order chi connectivity index (χ1) is 7.25. The highest BCUT2D eigenvalue weighted by Gasteiger charge is 2.36. The van der Waals surface area contributed by atoms with Crippen molar-refractivity contribution < 1.29 is 9.47 Å². The topological polar surface area (TPSA) is 18.5 Å². The molecular formula is C10H12O2S3. The molecule has 15 heavy (non-hydrogen) atoms. The molecule has 3 heterocycles. The number of aryl methyl sites for hydroxylation is 2. The van der Waals surface area contributed by atoms with E-state index in [-0.39, 0.29) is 12.2 Å². The van der Waals surface area contributed by atoms with Crippen molar-refractivity contribution in [2.24, 2.45) is 0 Å². The maximum atomic E-state index is 6.04. The summed E-state index contributed by atoms with van der Waals surface area (Å²) in [5.41, 5.74) is 0. The Morgan fingerprint density at radius 2 is 1.40 bits per heavy atom. The third-order valence-corrected chi connectivity index (χ3v) is 6.05. The minimum Gasteiger partial charge on any atom is -0.481 e. The number of hydrogen-bond acceptors (Lipinski definition) is 5. The summed E-state index contributed by atoms with van der Waals surface area (Å²) in [7, 11) is 3.77. The maximum Gasteiger partial charge on any atom is 0.175 e. The van der Waals surface area contributed by atoms with E-state index in [2.05, 4.69) is 13.8 Å². The van der Waals surface area contributed by atoms with Gasteiger partial charge >= 0.3 is 0 Å². The lowest BCUT2D eigenvalue weighted by Crippen LogP contribution is -2.44. The van der Waals surface area contributed by atoms with Crippen molar-refractivity contribution in [1.29, 1.82) is 0 Å². The minimum atomic E-state index is 0.247. The molecule has 2 aliphatic heterocycles. The zero-order chi connectivity index (χ0) is 10.4. The van der Waals surface area contributed by atoms with Gasteiger partial charge in [0.05, 0.1) is 0 Å². The summed E-state index contributed by atoms with van der Waals surface area (Å²) >= 11 is 1.77. The monoisotopic (exact) mass is 260 g/mol. The molecule has 5 heteroatoms. The van der Waals surface area contributed by atoms with Crippen molar-refractivity contribution in [3.63, 3.8) is 0 Å². The second-order valence-corrected chi connectivity index (χ2v) is 7.74. The molecule has 82 valence electrons. The first kappa shape index (κ1) is 10.2. The van der Waals surface area contributed by atoms with Crippen LogP contribution >= 0.6 is 32.9 Å². The fraction of sp³-hybridized carbons (Fsp3) is 0.600. The van der Waals surface area contributed by atoms with Gasteiger partial charge in [0.15, 0.2) is 11.5 Å². The highest BCUT2D eigenvalue weighted by atomic mass is 33.1. The van der Waals surface area contributed by atoms with Gasteiger partial charge in [-0.05, 0) is 13.8 Å². The van der Waals surface area contributed by atoms with Gasteiger partial charge in [0.25, 0.3) is 0 Å². The second kappa shape index (κ2) is 3.79. The Labute approximate surface area is 101 Å². The van der Waals surface area contributed by atoms with Gasteiger partial charge in [-0.25, -0.2) is 0 Å². The lowest BCUT2D eigenvalue weighted by molar-refractivity contribution is 0.0481. The van der Waals surface area contributed by atoms with Crippen molar-refractivity contribution in [1.82, 2.24) is 0 Å². The lowest BCUT2D eigenvalue weighted by Gasteiger charge is -2.35. The molecule has 2 unspecified atom stereocenters. The Hall–Kier alpha value is -0.0000000000000000555. The second-order valence-electron chi connectivity index (χ2n) is 3.75. The molecule has 1 saturated heterocycles. The van der Waals surface area contributed by atoms with E-state index in [4.69, 9.17) is 9.47 Å². The Morgan fingerprint density at radius 3 is 1.87 bits per heavy atom. The fourth-order valence-electron chi connectivity index (χ4n) is 1.88. The molecule has 0 N–H and O–H groups in total. The minimum absolute atomic E-state index is 0.247. The first-order valence-electron chi connectivity index (χ1n) is 4.93. The van der Waals surface area contributed by atoms with Crippen LogP contribution in [0.5, 0.6) is 11.5 Å². The largest absolute Gasteiger partial charge is 0.481 e. The van der Waals surface area contributed by atoms with E-state index in [0.29, 0.717) is 0 Å². The van der Waals surface area contributed by atoms with Crippen LogP contribution < -0.4 is 9.47 Å². The SMILES string of the molecule is Cc1sc(C)c2c1OC1CSSCC1O2. The highest BCUT2D eigenvalue weighted by molar-refractivity contribution is 8.76. The van der Waals surface area contributed by atoms with Crippen LogP contribution in [-0.4, -0.2) is 23.7 Å². The van der Waals surface area contributed by atoms with E-state index in [1.54, 1.807) is 11.3 Å². The number of fused-ring (bicyclic) bond motifs is 2. The molecule has 0 aliphatic carbocycles. The molecule has 0 saturated carbocycles. The molecule has 1 fully saturated rings. The van der Waals surface area contributed by atoms with Gasteiger partial charge in [-0.3, -0.25) is 0 Å². The zero-order valence-electron chi connectivity index (χ0n) is 8.61. The normalized spacial score (nSPS) is 28.7. The zero-order valence-corrected chi connectivity index (χ0v) is 11.1. The maximum absolute atomic E-state index is 6.04. The Bertz CT molecular complexity index is 354. The number of rotatable bonds is 0. The molecule has 0 bridgehead atoms. The standard InChI is InChI=1S/C10H12O2S3/c1-5-9-10(6(2)15-5)12-8-4-14-13-3-7(8)11-9/h7-8H,3-4H2,1-2H3. The molecule has 2 aliphatic rings. The van der Waals surface area contributed by atoms with Crippen LogP contribution in [-0.2, 0) is 0 Å². The third-order valence-electron chi connectivity index (χ3n) is 2.65. The van der Waals surface area contributed by atoms with Crippen molar-refractivity contribution in [3.8, 4) is 11.5 Å². The summed E-state index contributed by atoms with van der Waals surface area (Å²) in [6.07, 6.45) is 0.493. The van der Waals surface area contributed by atoms with Crippen molar-refractivity contribution >= 4 is 32.9 Å². The van der Waals surface area contributed by atoms with Gasteiger partial charge < -0.3 is 9.47 Å². The van der Waals surface area contributed by atoms with Gasteiger partial charge in [0, 0.05) is 21.3 Å². The van der Waals surface area contributed by atoms with E-state index in [1.165, 1.54) is 9.75 Å². The van der Waals surface area contributed by atoms with Crippen LogP contribution in [0.15, 0.2) is 0 Å². The summed E-state index contributed by atoms with van der Waals surface area (Å²) in [5.74, 6) is 4.05. The molecule has 2 atom stereocenters. The van der Waals surface area contributed by atoms with Gasteiger partial charge in [-0.2, -0.15) is 0 Å². The summed E-state index contributed by atoms with van der Waals surface area (Å²) in [4.78, 5) is 2.48. The van der Waals surface area contributed by atoms with Crippen LogP contribution in [0.3, 0.4) is 0 Å². The van der Waals surface area contributed by atoms with Crippen molar-refractivity contribution in [2.75, 3.05) is 11.5 Å². The molecule has 2 nitrogen and oxygen atoms in total. The predicted octanol–water partition coefficient (Wildman–Crippen LogP) is 3.27. The molecule has 0 aromatic carbocycles. The molecule has 0 radical (unpaired) electrons. The molecule has 3 rings (SSSR count). The van der Waals surface area contributed by atoms with Crippen LogP contribution in [0.2, 0.25) is 0 Å². The molecule has 1 aromatic rings. The number of ether oxygens (including phenoxy) is 2. The molecule has 0 spiro atoms. The fourth-order valence-corrected chi connectivity index (χ4v) is 5.22. The molecular weight excluding hydrogens is 248 g/mol. The van der Waals surface area contributed by atoms with Crippen LogP contribution in [0.1, 0.15) is 9.75 Å². The van der Waals surface area contributed by atoms with E-state index < -0.39 is 0 Å². The van der Waals surface area contributed by atoms with Gasteiger partial charge in [0.1, 0.15) is 12.2 Å². The summed E-state index contributed by atoms with van der Waals surface area (Å²) in [5, 5.41) is 0. The Morgan fingerprint density at radius 1 is 0.933 bits per heavy atom. The number of thiophene rings is 1. The lowest BCUT2D eigenvalue weighted by atomic mass is 10.2. The number of hydrogen-bond donors (Lipinski definition) is 0. The molecule has 0 amide bonds. The molecule has 1 aromatic heterocycles. The van der Waals surface area contributed by atoms with Crippen molar-refractivity contribution in [3.05, 3.63) is 9.75 Å². The van der Waals surface area contributed by atoms with Gasteiger partial charge in [0.2, 0.25) is 0 Å². The Kier molecular flexibility index (Phi) is 2.57. The Balaban J connectivity index is 1.97. The average molecular weight is 260 g/mol. The third kappa shape index (κ3) is 1.65. The quantitative estimate of drug-likeness (QED) is 0.666. The van der Waals surface area contributed by atoms with Crippen LogP contribution in [0, 0.1) is 13.8 Å². The van der Waals surface area contributed by atoms with E-state index in [1.807, 2.05) is 21.6 Å². The first-order valence-corrected chi connectivity index (χ1v) is 8.24. The van der Waals surface area contributed by atoms with Crippen LogP contribution in [0.25, 0.3) is 0 Å².